The van der Waals surface area contributed by atoms with E-state index >= 15 is 0 Å². The third-order valence-electron chi connectivity index (χ3n) is 3.39. The van der Waals surface area contributed by atoms with E-state index in [0.717, 1.165) is 45.2 Å². The van der Waals surface area contributed by atoms with E-state index in [9.17, 15) is 0 Å². The molecule has 0 aromatic carbocycles. The third kappa shape index (κ3) is 2.36. The first-order chi connectivity index (χ1) is 8.33. The highest BCUT2D eigenvalue weighted by molar-refractivity contribution is 6.29. The van der Waals surface area contributed by atoms with Gasteiger partial charge in [-0.3, -0.25) is 4.90 Å². The molecule has 2 fully saturated rings. The Morgan fingerprint density at radius 1 is 1.18 bits per heavy atom. The molecule has 0 aliphatic carbocycles. The summed E-state index contributed by atoms with van der Waals surface area (Å²) < 4.78 is 5.22. The number of ether oxygens (including phenoxy) is 1. The van der Waals surface area contributed by atoms with Crippen LogP contribution in [0.3, 0.4) is 0 Å². The highest BCUT2D eigenvalue weighted by atomic mass is 35.5. The van der Waals surface area contributed by atoms with Crippen LogP contribution in [0.4, 0.5) is 5.82 Å². The average Bonchev–Trinajstić information content (AvgIpc) is 2.28. The largest absolute Gasteiger partial charge is 0.378 e. The number of hydrogen-bond donors (Lipinski definition) is 0. The van der Waals surface area contributed by atoms with Crippen molar-refractivity contribution in [2.24, 2.45) is 0 Å². The second kappa shape index (κ2) is 4.76. The Kier molecular flexibility index (Phi) is 3.13. The minimum Gasteiger partial charge on any atom is -0.378 e. The van der Waals surface area contributed by atoms with Crippen molar-refractivity contribution >= 4 is 17.4 Å². The summed E-state index contributed by atoms with van der Waals surface area (Å²) in [6, 6.07) is 2.45. The van der Waals surface area contributed by atoms with Gasteiger partial charge in [-0.05, 0) is 0 Å². The maximum Gasteiger partial charge on any atom is 0.134 e. The zero-order valence-corrected chi connectivity index (χ0v) is 10.3. The van der Waals surface area contributed by atoms with Crippen molar-refractivity contribution in [3.63, 3.8) is 0 Å². The minimum absolute atomic E-state index is 0.504. The van der Waals surface area contributed by atoms with Gasteiger partial charge in [0.25, 0.3) is 0 Å². The van der Waals surface area contributed by atoms with E-state index in [1.54, 1.807) is 0 Å². The molecule has 0 bridgehead atoms. The van der Waals surface area contributed by atoms with Crippen LogP contribution in [0.2, 0.25) is 5.15 Å². The number of anilines is 1. The molecule has 2 saturated heterocycles. The second-order valence-corrected chi connectivity index (χ2v) is 4.80. The third-order valence-corrected chi connectivity index (χ3v) is 3.60. The number of halogens is 1. The molecule has 6 heteroatoms. The van der Waals surface area contributed by atoms with Gasteiger partial charge in [0.2, 0.25) is 0 Å². The first kappa shape index (κ1) is 11.2. The van der Waals surface area contributed by atoms with Crippen molar-refractivity contribution in [3.8, 4) is 0 Å². The van der Waals surface area contributed by atoms with Gasteiger partial charge in [0, 0.05) is 32.2 Å². The van der Waals surface area contributed by atoms with Gasteiger partial charge in [-0.25, -0.2) is 9.97 Å². The van der Waals surface area contributed by atoms with Crippen molar-refractivity contribution in [2.75, 3.05) is 44.3 Å². The molecule has 0 spiro atoms. The summed E-state index contributed by atoms with van der Waals surface area (Å²) in [5.41, 5.74) is 0. The Balaban J connectivity index is 1.60. The molecule has 1 aromatic heterocycles. The number of rotatable bonds is 2. The standard InChI is InChI=1S/C11H15ClN4O/c12-10-5-11(14-8-13-10)16-3-1-15(2-4-16)9-6-17-7-9/h5,8-9H,1-4,6-7H2. The van der Waals surface area contributed by atoms with Gasteiger partial charge in [0.15, 0.2) is 0 Å². The fourth-order valence-electron chi connectivity index (χ4n) is 2.25. The monoisotopic (exact) mass is 254 g/mol. The van der Waals surface area contributed by atoms with Crippen LogP contribution >= 0.6 is 11.6 Å². The average molecular weight is 255 g/mol. The predicted octanol–water partition coefficient (Wildman–Crippen LogP) is 0.651. The van der Waals surface area contributed by atoms with E-state index < -0.39 is 0 Å². The summed E-state index contributed by atoms with van der Waals surface area (Å²) in [7, 11) is 0. The van der Waals surface area contributed by atoms with Gasteiger partial charge in [-0.2, -0.15) is 0 Å². The van der Waals surface area contributed by atoms with Crippen molar-refractivity contribution < 1.29 is 4.74 Å². The Morgan fingerprint density at radius 3 is 2.53 bits per heavy atom. The molecule has 3 rings (SSSR count). The quantitative estimate of drug-likeness (QED) is 0.725. The number of piperazine rings is 1. The number of nitrogens with zero attached hydrogens (tertiary/aromatic N) is 4. The molecule has 0 unspecified atom stereocenters. The van der Waals surface area contributed by atoms with E-state index in [4.69, 9.17) is 16.3 Å². The van der Waals surface area contributed by atoms with Crippen molar-refractivity contribution in [2.45, 2.75) is 6.04 Å². The summed E-state index contributed by atoms with van der Waals surface area (Å²) in [5.74, 6) is 0.925. The molecular formula is C11H15ClN4O. The first-order valence-corrected chi connectivity index (χ1v) is 6.25. The van der Waals surface area contributed by atoms with Crippen LogP contribution in [0, 0.1) is 0 Å². The van der Waals surface area contributed by atoms with E-state index in [2.05, 4.69) is 19.8 Å². The van der Waals surface area contributed by atoms with Crippen LogP contribution in [0.25, 0.3) is 0 Å². The van der Waals surface area contributed by atoms with Crippen LogP contribution in [-0.4, -0.2) is 60.3 Å². The van der Waals surface area contributed by atoms with E-state index in [-0.39, 0.29) is 0 Å². The molecule has 2 aliphatic heterocycles. The van der Waals surface area contributed by atoms with Gasteiger partial charge in [-0.15, -0.1) is 0 Å². The van der Waals surface area contributed by atoms with Gasteiger partial charge in [0.1, 0.15) is 17.3 Å². The summed E-state index contributed by atoms with van der Waals surface area (Å²) in [5, 5.41) is 0.504. The SMILES string of the molecule is Clc1cc(N2CCN(C3COC3)CC2)ncn1. The van der Waals surface area contributed by atoms with Crippen LogP contribution in [0.1, 0.15) is 0 Å². The lowest BCUT2D eigenvalue weighted by atomic mass is 10.2. The summed E-state index contributed by atoms with van der Waals surface area (Å²) in [4.78, 5) is 12.9. The van der Waals surface area contributed by atoms with Crippen molar-refractivity contribution in [1.82, 2.24) is 14.9 Å². The van der Waals surface area contributed by atoms with Gasteiger partial charge in [0.05, 0.1) is 19.3 Å². The van der Waals surface area contributed by atoms with Crippen LogP contribution in [-0.2, 0) is 4.74 Å². The smallest absolute Gasteiger partial charge is 0.134 e. The molecule has 2 aliphatic rings. The zero-order chi connectivity index (χ0) is 11.7. The molecule has 17 heavy (non-hydrogen) atoms. The van der Waals surface area contributed by atoms with Crippen molar-refractivity contribution in [1.29, 1.82) is 0 Å². The van der Waals surface area contributed by atoms with Gasteiger partial charge < -0.3 is 9.64 Å². The molecule has 92 valence electrons. The van der Waals surface area contributed by atoms with Crippen LogP contribution in [0.15, 0.2) is 12.4 Å². The van der Waals surface area contributed by atoms with E-state index in [0.29, 0.717) is 11.2 Å². The molecule has 0 amide bonds. The van der Waals surface area contributed by atoms with E-state index in [1.807, 2.05) is 6.07 Å². The number of hydrogen-bond acceptors (Lipinski definition) is 5. The summed E-state index contributed by atoms with van der Waals surface area (Å²) >= 11 is 5.87. The maximum absolute atomic E-state index is 5.87. The summed E-state index contributed by atoms with van der Waals surface area (Å²) in [6.07, 6.45) is 1.52. The molecule has 0 atom stereocenters. The Hall–Kier alpha value is -0.910. The molecule has 0 N–H and O–H groups in total. The fraction of sp³-hybridized carbons (Fsp3) is 0.636. The normalized spacial score (nSPS) is 22.5. The molecule has 0 saturated carbocycles. The topological polar surface area (TPSA) is 41.5 Å². The highest BCUT2D eigenvalue weighted by Crippen LogP contribution is 2.18. The van der Waals surface area contributed by atoms with Gasteiger partial charge in [-0.1, -0.05) is 11.6 Å². The Bertz CT molecular complexity index is 391. The lowest BCUT2D eigenvalue weighted by molar-refractivity contribution is -0.0661. The predicted molar refractivity (Wildman–Crippen MR) is 65.4 cm³/mol. The lowest BCUT2D eigenvalue weighted by Crippen LogP contribution is -2.56. The van der Waals surface area contributed by atoms with Crippen LogP contribution in [0.5, 0.6) is 0 Å². The fourth-order valence-corrected chi connectivity index (χ4v) is 2.39. The first-order valence-electron chi connectivity index (χ1n) is 5.87. The zero-order valence-electron chi connectivity index (χ0n) is 9.55. The van der Waals surface area contributed by atoms with E-state index in [1.165, 1.54) is 6.33 Å². The maximum atomic E-state index is 5.87. The minimum atomic E-state index is 0.504. The van der Waals surface area contributed by atoms with Crippen LogP contribution < -0.4 is 4.90 Å². The van der Waals surface area contributed by atoms with Gasteiger partial charge >= 0.3 is 0 Å². The molecule has 5 nitrogen and oxygen atoms in total. The molecule has 0 radical (unpaired) electrons. The highest BCUT2D eigenvalue weighted by Gasteiger charge is 2.29. The second-order valence-electron chi connectivity index (χ2n) is 4.41. The summed E-state index contributed by atoms with van der Waals surface area (Å²) in [6.45, 7) is 5.89. The number of aromatic nitrogens is 2. The Morgan fingerprint density at radius 2 is 1.94 bits per heavy atom. The van der Waals surface area contributed by atoms with Crippen molar-refractivity contribution in [3.05, 3.63) is 17.5 Å². The Labute approximate surface area is 105 Å². The lowest BCUT2D eigenvalue weighted by Gasteiger charge is -2.42. The molecule has 3 heterocycles. The molecule has 1 aromatic rings. The molecular weight excluding hydrogens is 240 g/mol.